The summed E-state index contributed by atoms with van der Waals surface area (Å²) >= 11 is 0. The van der Waals surface area contributed by atoms with Gasteiger partial charge in [-0.25, -0.2) is 0 Å². The van der Waals surface area contributed by atoms with Crippen molar-refractivity contribution >= 4 is 5.91 Å². The van der Waals surface area contributed by atoms with Crippen molar-refractivity contribution in [1.82, 2.24) is 9.80 Å². The molecule has 0 bridgehead atoms. The molecule has 4 heteroatoms. The number of carbonyl (C=O) groups is 1. The monoisotopic (exact) mass is 275 g/mol. The molecule has 1 aliphatic heterocycles. The minimum Gasteiger partial charge on any atom is -0.337 e. The summed E-state index contributed by atoms with van der Waals surface area (Å²) in [7, 11) is 4.09. The van der Waals surface area contributed by atoms with Crippen molar-refractivity contribution in [2.24, 2.45) is 5.73 Å². The standard InChI is InChI=1S/C16H25N3O/c1-18(2)12-14-9-6-10-19(14)16(20)15(17)11-13-7-4-3-5-8-13/h3-5,7-8,14-15H,6,9-12,17H2,1-2H3. The van der Waals surface area contributed by atoms with E-state index in [4.69, 9.17) is 5.73 Å². The Hall–Kier alpha value is -1.39. The molecule has 0 spiro atoms. The van der Waals surface area contributed by atoms with E-state index in [1.807, 2.05) is 49.3 Å². The van der Waals surface area contributed by atoms with E-state index < -0.39 is 6.04 Å². The predicted molar refractivity (Wildman–Crippen MR) is 81.4 cm³/mol. The second-order valence-electron chi connectivity index (χ2n) is 5.89. The molecule has 2 unspecified atom stereocenters. The van der Waals surface area contributed by atoms with Gasteiger partial charge in [0.15, 0.2) is 0 Å². The molecular formula is C16H25N3O. The van der Waals surface area contributed by atoms with Crippen LogP contribution in [0.3, 0.4) is 0 Å². The minimum absolute atomic E-state index is 0.0956. The maximum absolute atomic E-state index is 12.5. The van der Waals surface area contributed by atoms with E-state index >= 15 is 0 Å². The van der Waals surface area contributed by atoms with Gasteiger partial charge in [0.1, 0.15) is 0 Å². The van der Waals surface area contributed by atoms with Crippen molar-refractivity contribution < 1.29 is 4.79 Å². The lowest BCUT2D eigenvalue weighted by Crippen LogP contribution is -2.49. The average molecular weight is 275 g/mol. The van der Waals surface area contributed by atoms with Crippen LogP contribution in [0.2, 0.25) is 0 Å². The Bertz CT molecular complexity index is 433. The molecule has 110 valence electrons. The quantitative estimate of drug-likeness (QED) is 0.876. The maximum atomic E-state index is 12.5. The first kappa shape index (κ1) is 15.0. The topological polar surface area (TPSA) is 49.6 Å². The van der Waals surface area contributed by atoms with Gasteiger partial charge in [-0.2, -0.15) is 0 Å². The lowest BCUT2D eigenvalue weighted by molar-refractivity contribution is -0.133. The highest BCUT2D eigenvalue weighted by Gasteiger charge is 2.31. The van der Waals surface area contributed by atoms with Crippen LogP contribution in [0.1, 0.15) is 18.4 Å². The fraction of sp³-hybridized carbons (Fsp3) is 0.562. The minimum atomic E-state index is -0.430. The average Bonchev–Trinajstić information content (AvgIpc) is 2.86. The highest BCUT2D eigenvalue weighted by molar-refractivity contribution is 5.82. The van der Waals surface area contributed by atoms with Gasteiger partial charge in [0.05, 0.1) is 6.04 Å². The molecule has 0 aliphatic carbocycles. The van der Waals surface area contributed by atoms with Crippen LogP contribution < -0.4 is 5.73 Å². The van der Waals surface area contributed by atoms with E-state index in [1.165, 1.54) is 0 Å². The molecule has 2 N–H and O–H groups in total. The number of amides is 1. The van der Waals surface area contributed by atoms with Crippen molar-refractivity contribution in [3.05, 3.63) is 35.9 Å². The molecule has 2 rings (SSSR count). The number of nitrogens with zero attached hydrogens (tertiary/aromatic N) is 2. The Labute approximate surface area is 121 Å². The zero-order valence-corrected chi connectivity index (χ0v) is 12.5. The summed E-state index contributed by atoms with van der Waals surface area (Å²) in [5.41, 5.74) is 7.24. The fourth-order valence-corrected chi connectivity index (χ4v) is 2.91. The summed E-state index contributed by atoms with van der Waals surface area (Å²) in [5, 5.41) is 0. The first-order chi connectivity index (χ1) is 9.58. The molecular weight excluding hydrogens is 250 g/mol. The van der Waals surface area contributed by atoms with Gasteiger partial charge in [0.2, 0.25) is 5.91 Å². The SMILES string of the molecule is CN(C)CC1CCCN1C(=O)C(N)Cc1ccccc1. The Kier molecular flexibility index (Phi) is 5.15. The van der Waals surface area contributed by atoms with Crippen molar-refractivity contribution in [1.29, 1.82) is 0 Å². The van der Waals surface area contributed by atoms with Crippen LogP contribution in [0.25, 0.3) is 0 Å². The van der Waals surface area contributed by atoms with E-state index in [-0.39, 0.29) is 5.91 Å². The highest BCUT2D eigenvalue weighted by atomic mass is 16.2. The predicted octanol–water partition coefficient (Wildman–Crippen LogP) is 1.11. The number of rotatable bonds is 5. The normalized spacial score (nSPS) is 20.4. The van der Waals surface area contributed by atoms with Crippen LogP contribution in [0.4, 0.5) is 0 Å². The van der Waals surface area contributed by atoms with Gasteiger partial charge in [-0.1, -0.05) is 30.3 Å². The van der Waals surface area contributed by atoms with E-state index in [0.717, 1.165) is 31.5 Å². The molecule has 1 amide bonds. The molecule has 20 heavy (non-hydrogen) atoms. The van der Waals surface area contributed by atoms with Crippen molar-refractivity contribution in [3.8, 4) is 0 Å². The third-order valence-electron chi connectivity index (χ3n) is 3.85. The largest absolute Gasteiger partial charge is 0.337 e. The van der Waals surface area contributed by atoms with Crippen molar-refractivity contribution in [3.63, 3.8) is 0 Å². The number of likely N-dealkylation sites (N-methyl/N-ethyl adjacent to an activating group) is 1. The van der Waals surface area contributed by atoms with Crippen molar-refractivity contribution in [2.45, 2.75) is 31.3 Å². The van der Waals surface area contributed by atoms with Crippen LogP contribution in [0.15, 0.2) is 30.3 Å². The number of nitrogens with two attached hydrogens (primary N) is 1. The summed E-state index contributed by atoms with van der Waals surface area (Å²) in [6, 6.07) is 9.88. The zero-order chi connectivity index (χ0) is 14.5. The smallest absolute Gasteiger partial charge is 0.240 e. The molecule has 0 saturated carbocycles. The third kappa shape index (κ3) is 3.81. The van der Waals surface area contributed by atoms with Crippen LogP contribution in [0, 0.1) is 0 Å². The Balaban J connectivity index is 1.95. The second-order valence-corrected chi connectivity index (χ2v) is 5.89. The highest BCUT2D eigenvalue weighted by Crippen LogP contribution is 2.19. The van der Waals surface area contributed by atoms with Gasteiger partial charge in [-0.3, -0.25) is 4.79 Å². The number of likely N-dealkylation sites (tertiary alicyclic amines) is 1. The lowest BCUT2D eigenvalue weighted by Gasteiger charge is -2.29. The van der Waals surface area contributed by atoms with Gasteiger partial charge in [0, 0.05) is 19.1 Å². The molecule has 2 atom stereocenters. The van der Waals surface area contributed by atoms with E-state index in [9.17, 15) is 4.79 Å². The Morgan fingerprint density at radius 3 is 2.75 bits per heavy atom. The molecule has 0 aromatic heterocycles. The molecule has 4 nitrogen and oxygen atoms in total. The summed E-state index contributed by atoms with van der Waals surface area (Å²) in [5.74, 6) is 0.0956. The molecule has 1 saturated heterocycles. The van der Waals surface area contributed by atoms with Gasteiger partial charge < -0.3 is 15.5 Å². The molecule has 1 aromatic carbocycles. The number of benzene rings is 1. The summed E-state index contributed by atoms with van der Waals surface area (Å²) in [6.45, 7) is 1.77. The summed E-state index contributed by atoms with van der Waals surface area (Å²) in [6.07, 6.45) is 2.79. The van der Waals surface area contributed by atoms with Gasteiger partial charge in [0.25, 0.3) is 0 Å². The van der Waals surface area contributed by atoms with Crippen LogP contribution >= 0.6 is 0 Å². The van der Waals surface area contributed by atoms with E-state index in [1.54, 1.807) is 0 Å². The molecule has 1 aliphatic rings. The van der Waals surface area contributed by atoms with Gasteiger partial charge in [-0.05, 0) is 38.9 Å². The van der Waals surface area contributed by atoms with E-state index in [2.05, 4.69) is 4.90 Å². The second kappa shape index (κ2) is 6.86. The van der Waals surface area contributed by atoms with Gasteiger partial charge >= 0.3 is 0 Å². The molecule has 1 heterocycles. The fourth-order valence-electron chi connectivity index (χ4n) is 2.91. The summed E-state index contributed by atoms with van der Waals surface area (Å²) < 4.78 is 0. The number of hydrogen-bond acceptors (Lipinski definition) is 3. The molecule has 1 aromatic rings. The van der Waals surface area contributed by atoms with Gasteiger partial charge in [-0.15, -0.1) is 0 Å². The Morgan fingerprint density at radius 2 is 2.10 bits per heavy atom. The molecule has 1 fully saturated rings. The van der Waals surface area contributed by atoms with Crippen LogP contribution in [-0.2, 0) is 11.2 Å². The first-order valence-corrected chi connectivity index (χ1v) is 7.32. The van der Waals surface area contributed by atoms with Crippen LogP contribution in [0.5, 0.6) is 0 Å². The third-order valence-corrected chi connectivity index (χ3v) is 3.85. The summed E-state index contributed by atoms with van der Waals surface area (Å²) in [4.78, 5) is 16.6. The maximum Gasteiger partial charge on any atom is 0.240 e. The number of carbonyl (C=O) groups excluding carboxylic acids is 1. The Morgan fingerprint density at radius 1 is 1.40 bits per heavy atom. The van der Waals surface area contributed by atoms with Crippen LogP contribution in [-0.4, -0.2) is 55.0 Å². The zero-order valence-electron chi connectivity index (χ0n) is 12.5. The first-order valence-electron chi connectivity index (χ1n) is 7.32. The molecule has 0 radical (unpaired) electrons. The number of hydrogen-bond donors (Lipinski definition) is 1. The van der Waals surface area contributed by atoms with Crippen molar-refractivity contribution in [2.75, 3.05) is 27.2 Å². The lowest BCUT2D eigenvalue weighted by atomic mass is 10.1. The van der Waals surface area contributed by atoms with E-state index in [0.29, 0.717) is 12.5 Å².